The first-order chi connectivity index (χ1) is 8.45. The van der Waals surface area contributed by atoms with Gasteiger partial charge in [0.25, 0.3) is 11.7 Å². The molecule has 0 atom stereocenters. The molecular formula is C14H14ClNO2. The fraction of sp³-hybridized carbons (Fsp3) is 0.286. The standard InChI is InChI=1S/C14H14ClNO2/c1-8-4-10(3)12-11(5-8)13(17)14(18)16(12)7-9(2)6-15/h4-6H,7H2,1-3H3/b9-6-. The number of benzene rings is 1. The first-order valence-corrected chi connectivity index (χ1v) is 6.12. The van der Waals surface area contributed by atoms with E-state index >= 15 is 0 Å². The lowest BCUT2D eigenvalue weighted by molar-refractivity contribution is -0.114. The monoisotopic (exact) mass is 263 g/mol. The number of amides is 1. The number of anilines is 1. The summed E-state index contributed by atoms with van der Waals surface area (Å²) in [5.41, 5.74) is 5.41. The van der Waals surface area contributed by atoms with E-state index in [0.717, 1.165) is 16.7 Å². The summed E-state index contributed by atoms with van der Waals surface area (Å²) in [6.07, 6.45) is 0. The number of fused-ring (bicyclic) bond motifs is 1. The van der Waals surface area contributed by atoms with Gasteiger partial charge in [0.05, 0.1) is 11.3 Å². The zero-order valence-corrected chi connectivity index (χ0v) is 11.3. The third-order valence-corrected chi connectivity index (χ3v) is 3.37. The van der Waals surface area contributed by atoms with Gasteiger partial charge in [-0.15, -0.1) is 0 Å². The van der Waals surface area contributed by atoms with Gasteiger partial charge in [-0.1, -0.05) is 17.7 Å². The molecule has 18 heavy (non-hydrogen) atoms. The van der Waals surface area contributed by atoms with Crippen LogP contribution in [0, 0.1) is 13.8 Å². The molecule has 1 aliphatic heterocycles. The number of aryl methyl sites for hydroxylation is 2. The molecule has 1 amide bonds. The predicted octanol–water partition coefficient (Wildman–Crippen LogP) is 2.98. The molecule has 4 heteroatoms. The van der Waals surface area contributed by atoms with Crippen LogP contribution >= 0.6 is 11.6 Å². The van der Waals surface area contributed by atoms with Crippen molar-refractivity contribution >= 4 is 29.0 Å². The van der Waals surface area contributed by atoms with Crippen molar-refractivity contribution in [3.63, 3.8) is 0 Å². The summed E-state index contributed by atoms with van der Waals surface area (Å²) in [7, 11) is 0. The summed E-state index contributed by atoms with van der Waals surface area (Å²) in [6.45, 7) is 6.00. The molecule has 0 spiro atoms. The Labute approximate surface area is 111 Å². The normalized spacial score (nSPS) is 15.3. The third kappa shape index (κ3) is 1.95. The molecule has 1 aliphatic rings. The van der Waals surface area contributed by atoms with Gasteiger partial charge in [0, 0.05) is 12.1 Å². The summed E-state index contributed by atoms with van der Waals surface area (Å²) in [5, 5.41) is 0. The highest BCUT2D eigenvalue weighted by atomic mass is 35.5. The number of hydrogen-bond donors (Lipinski definition) is 0. The quantitative estimate of drug-likeness (QED) is 0.770. The predicted molar refractivity (Wildman–Crippen MR) is 72.2 cm³/mol. The molecule has 0 saturated heterocycles. The van der Waals surface area contributed by atoms with Crippen molar-refractivity contribution in [2.24, 2.45) is 0 Å². The lowest BCUT2D eigenvalue weighted by Crippen LogP contribution is -2.31. The van der Waals surface area contributed by atoms with Crippen molar-refractivity contribution in [2.45, 2.75) is 20.8 Å². The minimum absolute atomic E-state index is 0.352. The summed E-state index contributed by atoms with van der Waals surface area (Å²) < 4.78 is 0. The Kier molecular flexibility index (Phi) is 3.26. The van der Waals surface area contributed by atoms with Crippen LogP contribution in [0.5, 0.6) is 0 Å². The highest BCUT2D eigenvalue weighted by molar-refractivity contribution is 6.52. The second-order valence-corrected chi connectivity index (χ2v) is 4.87. The molecule has 1 aromatic rings. The van der Waals surface area contributed by atoms with E-state index in [1.807, 2.05) is 26.8 Å². The fourth-order valence-electron chi connectivity index (χ4n) is 2.27. The Balaban J connectivity index is 2.55. The number of carbonyl (C=O) groups is 2. The van der Waals surface area contributed by atoms with E-state index in [1.54, 1.807) is 6.07 Å². The number of carbonyl (C=O) groups excluding carboxylic acids is 2. The van der Waals surface area contributed by atoms with Gasteiger partial charge in [0.15, 0.2) is 0 Å². The molecule has 0 bridgehead atoms. The van der Waals surface area contributed by atoms with Crippen molar-refractivity contribution in [1.82, 2.24) is 0 Å². The molecule has 0 aromatic heterocycles. The molecule has 0 N–H and O–H groups in total. The molecule has 0 unspecified atom stereocenters. The number of rotatable bonds is 2. The number of ketones is 1. The smallest absolute Gasteiger partial charge is 0.299 e. The van der Waals surface area contributed by atoms with Crippen molar-refractivity contribution in [3.8, 4) is 0 Å². The molecule has 0 fully saturated rings. The van der Waals surface area contributed by atoms with Crippen LogP contribution in [0.1, 0.15) is 28.4 Å². The third-order valence-electron chi connectivity index (χ3n) is 2.99. The Morgan fingerprint density at radius 2 is 2.00 bits per heavy atom. The summed E-state index contributed by atoms with van der Waals surface area (Å²) in [6, 6.07) is 3.74. The average molecular weight is 264 g/mol. The van der Waals surface area contributed by atoms with Crippen LogP contribution in [0.2, 0.25) is 0 Å². The first kappa shape index (κ1) is 12.8. The van der Waals surface area contributed by atoms with E-state index < -0.39 is 11.7 Å². The van der Waals surface area contributed by atoms with Crippen LogP contribution in [0.25, 0.3) is 0 Å². The maximum absolute atomic E-state index is 12.0. The van der Waals surface area contributed by atoms with Gasteiger partial charge < -0.3 is 4.90 Å². The zero-order chi connectivity index (χ0) is 13.4. The first-order valence-electron chi connectivity index (χ1n) is 5.69. The van der Waals surface area contributed by atoms with Crippen LogP contribution in [-0.2, 0) is 4.79 Å². The molecule has 1 heterocycles. The Bertz CT molecular complexity index is 575. The van der Waals surface area contributed by atoms with Crippen LogP contribution in [0.15, 0.2) is 23.2 Å². The largest absolute Gasteiger partial charge is 0.300 e. The minimum atomic E-state index is -0.475. The van der Waals surface area contributed by atoms with Crippen LogP contribution in [0.4, 0.5) is 5.69 Å². The highest BCUT2D eigenvalue weighted by Gasteiger charge is 2.36. The minimum Gasteiger partial charge on any atom is -0.300 e. The van der Waals surface area contributed by atoms with Crippen molar-refractivity contribution in [3.05, 3.63) is 39.9 Å². The lowest BCUT2D eigenvalue weighted by Gasteiger charge is -2.18. The maximum Gasteiger partial charge on any atom is 0.299 e. The van der Waals surface area contributed by atoms with Gasteiger partial charge in [-0.3, -0.25) is 9.59 Å². The van der Waals surface area contributed by atoms with Crippen molar-refractivity contribution in [2.75, 3.05) is 11.4 Å². The second kappa shape index (κ2) is 4.58. The summed E-state index contributed by atoms with van der Waals surface area (Å²) in [5.74, 6) is -0.907. The fourth-order valence-corrected chi connectivity index (χ4v) is 2.33. The topological polar surface area (TPSA) is 37.4 Å². The van der Waals surface area contributed by atoms with Crippen LogP contribution in [0.3, 0.4) is 0 Å². The van der Waals surface area contributed by atoms with Gasteiger partial charge in [0.1, 0.15) is 0 Å². The van der Waals surface area contributed by atoms with Gasteiger partial charge >= 0.3 is 0 Å². The zero-order valence-electron chi connectivity index (χ0n) is 10.6. The maximum atomic E-state index is 12.0. The van der Waals surface area contributed by atoms with E-state index in [4.69, 9.17) is 11.6 Å². The molecule has 1 aromatic carbocycles. The number of Topliss-reactive ketones (excluding diaryl/α,β-unsaturated/α-hetero) is 1. The van der Waals surface area contributed by atoms with E-state index in [2.05, 4.69) is 0 Å². The molecule has 0 saturated carbocycles. The second-order valence-electron chi connectivity index (χ2n) is 4.65. The van der Waals surface area contributed by atoms with Gasteiger partial charge in [-0.25, -0.2) is 0 Å². The van der Waals surface area contributed by atoms with Crippen LogP contribution < -0.4 is 4.90 Å². The van der Waals surface area contributed by atoms with Crippen molar-refractivity contribution in [1.29, 1.82) is 0 Å². The summed E-state index contributed by atoms with van der Waals surface area (Å²) >= 11 is 5.62. The van der Waals surface area contributed by atoms with Crippen molar-refractivity contribution < 1.29 is 9.59 Å². The number of hydrogen-bond acceptors (Lipinski definition) is 2. The van der Waals surface area contributed by atoms with E-state index in [0.29, 0.717) is 17.8 Å². The van der Waals surface area contributed by atoms with E-state index in [1.165, 1.54) is 10.4 Å². The Morgan fingerprint density at radius 1 is 1.33 bits per heavy atom. The SMILES string of the molecule is C/C(=C/Cl)CN1C(=O)C(=O)c2cc(C)cc(C)c21. The average Bonchev–Trinajstić information content (AvgIpc) is 2.54. The van der Waals surface area contributed by atoms with E-state index in [9.17, 15) is 9.59 Å². The van der Waals surface area contributed by atoms with Gasteiger partial charge in [-0.05, 0) is 43.5 Å². The highest BCUT2D eigenvalue weighted by Crippen LogP contribution is 2.33. The van der Waals surface area contributed by atoms with Gasteiger partial charge in [0.2, 0.25) is 0 Å². The number of halogens is 1. The molecule has 94 valence electrons. The Hall–Kier alpha value is -1.61. The van der Waals surface area contributed by atoms with Gasteiger partial charge in [-0.2, -0.15) is 0 Å². The summed E-state index contributed by atoms with van der Waals surface area (Å²) in [4.78, 5) is 25.4. The van der Waals surface area contributed by atoms with Crippen LogP contribution in [-0.4, -0.2) is 18.2 Å². The molecule has 0 radical (unpaired) electrons. The molecule has 3 nitrogen and oxygen atoms in total. The molecule has 2 rings (SSSR count). The molecular weight excluding hydrogens is 250 g/mol. The van der Waals surface area contributed by atoms with E-state index in [-0.39, 0.29) is 0 Å². The number of nitrogens with zero attached hydrogens (tertiary/aromatic N) is 1. The lowest BCUT2D eigenvalue weighted by atomic mass is 10.0. The molecule has 0 aliphatic carbocycles. The Morgan fingerprint density at radius 3 is 2.61 bits per heavy atom.